The molecule has 0 aliphatic carbocycles. The summed E-state index contributed by atoms with van der Waals surface area (Å²) in [5, 5.41) is 12.6. The highest BCUT2D eigenvalue weighted by atomic mass is 16.7. The van der Waals surface area contributed by atoms with Crippen molar-refractivity contribution in [3.63, 3.8) is 0 Å². The van der Waals surface area contributed by atoms with Crippen molar-refractivity contribution >= 4 is 0 Å². The largest absolute Gasteiger partial charge is 0.462 e. The molecule has 2 heterocycles. The van der Waals surface area contributed by atoms with Crippen molar-refractivity contribution in [1.82, 2.24) is 5.32 Å². The summed E-state index contributed by atoms with van der Waals surface area (Å²) >= 11 is 0. The summed E-state index contributed by atoms with van der Waals surface area (Å²) in [5.74, 6) is 0.483. The Bertz CT molecular complexity index is 708. The van der Waals surface area contributed by atoms with E-state index in [9.17, 15) is 5.11 Å². The quantitative estimate of drug-likeness (QED) is 0.895. The molecule has 2 aliphatic rings. The number of fused-ring (bicyclic) bond motifs is 1. The van der Waals surface area contributed by atoms with Gasteiger partial charge in [-0.05, 0) is 34.9 Å². The molecular formula is C19H21NO3. The van der Waals surface area contributed by atoms with Crippen LogP contribution in [0.25, 0.3) is 11.1 Å². The smallest absolute Gasteiger partial charge is 0.213 e. The van der Waals surface area contributed by atoms with E-state index >= 15 is 0 Å². The minimum atomic E-state index is -0.448. The van der Waals surface area contributed by atoms with Crippen LogP contribution in [0.3, 0.4) is 0 Å². The van der Waals surface area contributed by atoms with Crippen molar-refractivity contribution in [3.05, 3.63) is 53.6 Å². The second-order valence-corrected chi connectivity index (χ2v) is 6.23. The Balaban J connectivity index is 1.62. The summed E-state index contributed by atoms with van der Waals surface area (Å²) in [6, 6.07) is 14.2. The number of rotatable bonds is 2. The average molecular weight is 311 g/mol. The summed E-state index contributed by atoms with van der Waals surface area (Å²) in [7, 11) is 0. The van der Waals surface area contributed by atoms with Gasteiger partial charge in [-0.15, -0.1) is 0 Å². The van der Waals surface area contributed by atoms with Crippen molar-refractivity contribution in [1.29, 1.82) is 0 Å². The van der Waals surface area contributed by atoms with Crippen molar-refractivity contribution < 1.29 is 14.6 Å². The Morgan fingerprint density at radius 2 is 1.87 bits per heavy atom. The van der Waals surface area contributed by atoms with Gasteiger partial charge in [-0.1, -0.05) is 24.3 Å². The van der Waals surface area contributed by atoms with E-state index in [1.54, 1.807) is 0 Å². The van der Waals surface area contributed by atoms with Crippen molar-refractivity contribution in [2.75, 3.05) is 13.1 Å². The number of nitrogens with one attached hydrogen (secondary N) is 1. The van der Waals surface area contributed by atoms with Crippen LogP contribution in [0.4, 0.5) is 0 Å². The van der Waals surface area contributed by atoms with Crippen molar-refractivity contribution in [2.45, 2.75) is 31.8 Å². The predicted octanol–water partition coefficient (Wildman–Crippen LogP) is 2.83. The van der Waals surface area contributed by atoms with E-state index in [1.807, 2.05) is 24.3 Å². The Hall–Kier alpha value is -1.88. The lowest BCUT2D eigenvalue weighted by atomic mass is 9.99. The number of ether oxygens (including phenoxy) is 2. The zero-order valence-corrected chi connectivity index (χ0v) is 13.0. The van der Waals surface area contributed by atoms with Crippen LogP contribution in [-0.4, -0.2) is 24.0 Å². The van der Waals surface area contributed by atoms with Gasteiger partial charge in [-0.2, -0.15) is 0 Å². The normalized spacial score (nSPS) is 19.2. The lowest BCUT2D eigenvalue weighted by Gasteiger charge is -2.41. The van der Waals surface area contributed by atoms with E-state index in [0.29, 0.717) is 6.61 Å². The van der Waals surface area contributed by atoms with Gasteiger partial charge in [0.05, 0.1) is 13.2 Å². The summed E-state index contributed by atoms with van der Waals surface area (Å²) in [4.78, 5) is 0. The number of hydrogen-bond acceptors (Lipinski definition) is 4. The molecule has 2 aromatic carbocycles. The molecule has 2 aromatic rings. The molecule has 23 heavy (non-hydrogen) atoms. The molecule has 0 bridgehead atoms. The maximum absolute atomic E-state index is 9.30. The topological polar surface area (TPSA) is 50.7 Å². The fourth-order valence-corrected chi connectivity index (χ4v) is 3.31. The molecule has 4 nitrogen and oxygen atoms in total. The highest BCUT2D eigenvalue weighted by molar-refractivity contribution is 5.66. The average Bonchev–Trinajstić information content (AvgIpc) is 2.62. The lowest BCUT2D eigenvalue weighted by Crippen LogP contribution is -2.49. The fourth-order valence-electron chi connectivity index (χ4n) is 3.31. The molecular weight excluding hydrogens is 290 g/mol. The number of benzene rings is 2. The third-order valence-electron chi connectivity index (χ3n) is 4.66. The molecule has 0 saturated carbocycles. The van der Waals surface area contributed by atoms with Crippen LogP contribution in [-0.2, 0) is 18.0 Å². The van der Waals surface area contributed by atoms with Gasteiger partial charge < -0.3 is 19.9 Å². The van der Waals surface area contributed by atoms with Gasteiger partial charge in [0.2, 0.25) is 5.79 Å². The van der Waals surface area contributed by atoms with Gasteiger partial charge in [0.1, 0.15) is 5.75 Å². The molecule has 1 fully saturated rings. The minimum Gasteiger partial charge on any atom is -0.462 e. The molecule has 0 radical (unpaired) electrons. The molecule has 120 valence electrons. The van der Waals surface area contributed by atoms with Crippen molar-refractivity contribution in [3.8, 4) is 16.9 Å². The van der Waals surface area contributed by atoms with Crippen molar-refractivity contribution in [2.24, 2.45) is 0 Å². The number of aliphatic hydroxyl groups is 1. The zero-order valence-electron chi connectivity index (χ0n) is 13.0. The van der Waals surface area contributed by atoms with Gasteiger partial charge in [0.15, 0.2) is 0 Å². The van der Waals surface area contributed by atoms with E-state index < -0.39 is 5.79 Å². The van der Waals surface area contributed by atoms with Gasteiger partial charge in [0.25, 0.3) is 0 Å². The summed E-state index contributed by atoms with van der Waals surface area (Å²) in [6.45, 7) is 2.51. The molecule has 0 aromatic heterocycles. The highest BCUT2D eigenvalue weighted by Gasteiger charge is 2.38. The second-order valence-electron chi connectivity index (χ2n) is 6.23. The third kappa shape index (κ3) is 2.85. The Labute approximate surface area is 136 Å². The minimum absolute atomic E-state index is 0.0571. The molecule has 0 unspecified atom stereocenters. The van der Waals surface area contributed by atoms with E-state index in [4.69, 9.17) is 9.47 Å². The van der Waals surface area contributed by atoms with Crippen LogP contribution in [0.15, 0.2) is 42.5 Å². The first-order valence-corrected chi connectivity index (χ1v) is 8.15. The standard InChI is InChI=1S/C19H21NO3/c21-12-14-2-1-3-15(10-14)16-4-5-18-17(11-16)13-22-19(23-18)6-8-20-9-7-19/h1-5,10-11,20-21H,6-9,12-13H2. The summed E-state index contributed by atoms with van der Waals surface area (Å²) in [5.41, 5.74) is 4.22. The Kier molecular flexibility index (Phi) is 3.81. The van der Waals surface area contributed by atoms with Crippen LogP contribution in [0.1, 0.15) is 24.0 Å². The number of piperidine rings is 1. The molecule has 4 heteroatoms. The second kappa shape index (κ2) is 5.96. The molecule has 4 rings (SSSR count). The van der Waals surface area contributed by atoms with E-state index in [0.717, 1.165) is 53.9 Å². The molecule has 2 aliphatic heterocycles. The van der Waals surface area contributed by atoms with Gasteiger partial charge in [0, 0.05) is 31.5 Å². The first kappa shape index (κ1) is 14.7. The number of aliphatic hydroxyl groups excluding tert-OH is 1. The molecule has 1 spiro atoms. The van der Waals surface area contributed by atoms with E-state index in [1.165, 1.54) is 0 Å². The third-order valence-corrected chi connectivity index (χ3v) is 4.66. The monoisotopic (exact) mass is 311 g/mol. The molecule has 0 amide bonds. The van der Waals surface area contributed by atoms with Crippen LogP contribution in [0, 0.1) is 0 Å². The maximum atomic E-state index is 9.30. The number of hydrogen-bond donors (Lipinski definition) is 2. The molecule has 2 N–H and O–H groups in total. The highest BCUT2D eigenvalue weighted by Crippen LogP contribution is 2.38. The first-order chi connectivity index (χ1) is 11.3. The summed E-state index contributed by atoms with van der Waals surface area (Å²) in [6.07, 6.45) is 1.76. The molecule has 1 saturated heterocycles. The van der Waals surface area contributed by atoms with Gasteiger partial charge in [-0.3, -0.25) is 0 Å². The van der Waals surface area contributed by atoms with Crippen LogP contribution >= 0.6 is 0 Å². The first-order valence-electron chi connectivity index (χ1n) is 8.15. The lowest BCUT2D eigenvalue weighted by molar-refractivity contribution is -0.218. The SMILES string of the molecule is OCc1cccc(-c2ccc3c(c2)COC2(CCNCC2)O3)c1. The van der Waals surface area contributed by atoms with Gasteiger partial charge in [-0.25, -0.2) is 0 Å². The van der Waals surface area contributed by atoms with E-state index in [-0.39, 0.29) is 6.61 Å². The van der Waals surface area contributed by atoms with Crippen LogP contribution in [0.5, 0.6) is 5.75 Å². The van der Waals surface area contributed by atoms with E-state index in [2.05, 4.69) is 23.5 Å². The maximum Gasteiger partial charge on any atom is 0.213 e. The summed E-state index contributed by atoms with van der Waals surface area (Å²) < 4.78 is 12.3. The van der Waals surface area contributed by atoms with Crippen LogP contribution in [0.2, 0.25) is 0 Å². The Morgan fingerprint density at radius 1 is 1.04 bits per heavy atom. The zero-order chi connectivity index (χ0) is 15.7. The Morgan fingerprint density at radius 3 is 2.70 bits per heavy atom. The van der Waals surface area contributed by atoms with Crippen LogP contribution < -0.4 is 10.1 Å². The fraction of sp³-hybridized carbons (Fsp3) is 0.368. The van der Waals surface area contributed by atoms with Gasteiger partial charge >= 0.3 is 0 Å². The molecule has 0 atom stereocenters. The predicted molar refractivity (Wildman–Crippen MR) is 88.1 cm³/mol.